The van der Waals surface area contributed by atoms with Gasteiger partial charge in [-0.15, -0.1) is 0 Å². The molecule has 0 spiro atoms. The van der Waals surface area contributed by atoms with Crippen LogP contribution in [0.15, 0.2) is 0 Å². The van der Waals surface area contributed by atoms with Crippen LogP contribution in [0.1, 0.15) is 74.7 Å². The Hall–Kier alpha value is -0.0400. The molecule has 1 heteroatoms. The average Bonchev–Trinajstić information content (AvgIpc) is 2.37. The van der Waals surface area contributed by atoms with Gasteiger partial charge in [-0.25, -0.2) is 0 Å². The first-order chi connectivity index (χ1) is 7.70. The number of hydrogen-bond acceptors (Lipinski definition) is 1. The standard InChI is InChI=1S/C9H21N.3C2H6/c1-5-9(6-2)7-8-10(3)4;3*1-2/h9H,5-8H2,1-4H3;3*1-2H3. The maximum absolute atomic E-state index is 2.28. The van der Waals surface area contributed by atoms with E-state index in [4.69, 9.17) is 0 Å². The first-order valence-corrected chi connectivity index (χ1v) is 7.35. The van der Waals surface area contributed by atoms with Gasteiger partial charge in [0.05, 0.1) is 0 Å². The minimum absolute atomic E-state index is 0.947. The van der Waals surface area contributed by atoms with Crippen molar-refractivity contribution in [3.05, 3.63) is 0 Å². The molecule has 0 heterocycles. The van der Waals surface area contributed by atoms with Crippen LogP contribution in [0.4, 0.5) is 0 Å². The molecule has 0 saturated heterocycles. The smallest absolute Gasteiger partial charge is 0.00222 e. The Morgan fingerprint density at radius 3 is 1.25 bits per heavy atom. The summed E-state index contributed by atoms with van der Waals surface area (Å²) in [5, 5.41) is 0. The quantitative estimate of drug-likeness (QED) is 0.610. The molecular weight excluding hydrogens is 194 g/mol. The molecule has 0 amide bonds. The molecule has 0 unspecified atom stereocenters. The second-order valence-electron chi connectivity index (χ2n) is 3.27. The van der Waals surface area contributed by atoms with E-state index in [1.54, 1.807) is 0 Å². The zero-order valence-corrected chi connectivity index (χ0v) is 13.9. The molecule has 0 aromatic carbocycles. The first kappa shape index (κ1) is 25.0. The Balaban J connectivity index is -0.000000103. The molecule has 16 heavy (non-hydrogen) atoms. The van der Waals surface area contributed by atoms with Crippen LogP contribution in [0, 0.1) is 5.92 Å². The van der Waals surface area contributed by atoms with E-state index >= 15 is 0 Å². The van der Waals surface area contributed by atoms with Crippen molar-refractivity contribution >= 4 is 0 Å². The van der Waals surface area contributed by atoms with E-state index in [1.807, 2.05) is 41.5 Å². The largest absolute Gasteiger partial charge is 0.309 e. The Kier molecular flexibility index (Phi) is 45.9. The van der Waals surface area contributed by atoms with Gasteiger partial charge in [-0.2, -0.15) is 0 Å². The van der Waals surface area contributed by atoms with Crippen LogP contribution >= 0.6 is 0 Å². The summed E-state index contributed by atoms with van der Waals surface area (Å²) >= 11 is 0. The molecule has 0 aliphatic heterocycles. The van der Waals surface area contributed by atoms with Gasteiger partial charge in [0.15, 0.2) is 0 Å². The lowest BCUT2D eigenvalue weighted by molar-refractivity contribution is 0.339. The molecule has 0 aliphatic rings. The predicted molar refractivity (Wildman–Crippen MR) is 81.3 cm³/mol. The molecule has 0 N–H and O–H groups in total. The van der Waals surface area contributed by atoms with Gasteiger partial charge in [0.1, 0.15) is 0 Å². The second-order valence-corrected chi connectivity index (χ2v) is 3.27. The Bertz CT molecular complexity index is 65.8. The summed E-state index contributed by atoms with van der Waals surface area (Å²) in [7, 11) is 4.28. The summed E-state index contributed by atoms with van der Waals surface area (Å²) in [5.74, 6) is 0.947. The van der Waals surface area contributed by atoms with Gasteiger partial charge in [-0.3, -0.25) is 0 Å². The molecule has 104 valence electrons. The van der Waals surface area contributed by atoms with Crippen molar-refractivity contribution in [2.75, 3.05) is 20.6 Å². The van der Waals surface area contributed by atoms with Crippen molar-refractivity contribution in [3.8, 4) is 0 Å². The average molecular weight is 233 g/mol. The molecule has 0 aromatic rings. The van der Waals surface area contributed by atoms with Crippen molar-refractivity contribution in [1.29, 1.82) is 0 Å². The van der Waals surface area contributed by atoms with Gasteiger partial charge in [0, 0.05) is 0 Å². The van der Waals surface area contributed by atoms with E-state index in [0.29, 0.717) is 0 Å². The van der Waals surface area contributed by atoms with Crippen molar-refractivity contribution in [3.63, 3.8) is 0 Å². The van der Waals surface area contributed by atoms with Gasteiger partial charge in [0.2, 0.25) is 0 Å². The van der Waals surface area contributed by atoms with Crippen LogP contribution in [-0.4, -0.2) is 25.5 Å². The van der Waals surface area contributed by atoms with Gasteiger partial charge in [0.25, 0.3) is 0 Å². The van der Waals surface area contributed by atoms with E-state index < -0.39 is 0 Å². The van der Waals surface area contributed by atoms with Gasteiger partial charge >= 0.3 is 0 Å². The highest BCUT2D eigenvalue weighted by Gasteiger charge is 2.02. The third kappa shape index (κ3) is 29.2. The lowest BCUT2D eigenvalue weighted by atomic mass is 10.00. The summed E-state index contributed by atoms with van der Waals surface area (Å²) in [4.78, 5) is 2.26. The normalized spacial score (nSPS) is 8.25. The van der Waals surface area contributed by atoms with Gasteiger partial charge in [-0.05, 0) is 33.0 Å². The SMILES string of the molecule is CC.CC.CC.CCC(CC)CCN(C)C. The summed E-state index contributed by atoms with van der Waals surface area (Å²) in [6.45, 7) is 17.8. The molecule has 0 rings (SSSR count). The lowest BCUT2D eigenvalue weighted by Crippen LogP contribution is -2.16. The molecular formula is C15H39N. The zero-order valence-electron chi connectivity index (χ0n) is 13.9. The Morgan fingerprint density at radius 1 is 0.750 bits per heavy atom. The number of rotatable bonds is 5. The van der Waals surface area contributed by atoms with E-state index in [2.05, 4.69) is 32.8 Å². The molecule has 1 nitrogen and oxygen atoms in total. The summed E-state index contributed by atoms with van der Waals surface area (Å²) in [6, 6.07) is 0. The van der Waals surface area contributed by atoms with Crippen molar-refractivity contribution < 1.29 is 0 Å². The van der Waals surface area contributed by atoms with Crippen LogP contribution in [0.2, 0.25) is 0 Å². The third-order valence-electron chi connectivity index (χ3n) is 2.14. The van der Waals surface area contributed by atoms with Gasteiger partial charge in [-0.1, -0.05) is 68.2 Å². The minimum atomic E-state index is 0.947. The highest BCUT2D eigenvalue weighted by atomic mass is 15.0. The van der Waals surface area contributed by atoms with Crippen LogP contribution in [-0.2, 0) is 0 Å². The number of nitrogens with zero attached hydrogens (tertiary/aromatic N) is 1. The minimum Gasteiger partial charge on any atom is -0.309 e. The maximum Gasteiger partial charge on any atom is -0.00222 e. The maximum atomic E-state index is 2.28. The fourth-order valence-corrected chi connectivity index (χ4v) is 1.14. The van der Waals surface area contributed by atoms with E-state index in [1.165, 1.54) is 25.8 Å². The van der Waals surface area contributed by atoms with Gasteiger partial charge < -0.3 is 4.90 Å². The monoisotopic (exact) mass is 233 g/mol. The molecule has 0 aromatic heterocycles. The zero-order chi connectivity index (χ0) is 14.0. The van der Waals surface area contributed by atoms with Crippen LogP contribution in [0.25, 0.3) is 0 Å². The second kappa shape index (κ2) is 29.4. The van der Waals surface area contributed by atoms with Crippen LogP contribution < -0.4 is 0 Å². The highest BCUT2D eigenvalue weighted by Crippen LogP contribution is 2.11. The predicted octanol–water partition coefficient (Wildman–Crippen LogP) is 5.45. The lowest BCUT2D eigenvalue weighted by Gasteiger charge is -2.15. The number of hydrogen-bond donors (Lipinski definition) is 0. The Morgan fingerprint density at radius 2 is 1.06 bits per heavy atom. The molecule has 0 saturated carbocycles. The first-order valence-electron chi connectivity index (χ1n) is 7.35. The van der Waals surface area contributed by atoms with E-state index in [-0.39, 0.29) is 0 Å². The van der Waals surface area contributed by atoms with E-state index in [0.717, 1.165) is 5.92 Å². The molecule has 0 fully saturated rings. The Labute approximate surface area is 107 Å². The molecule has 0 aliphatic carbocycles. The highest BCUT2D eigenvalue weighted by molar-refractivity contribution is 4.56. The fourth-order valence-electron chi connectivity index (χ4n) is 1.14. The van der Waals surface area contributed by atoms with E-state index in [9.17, 15) is 0 Å². The summed E-state index contributed by atoms with van der Waals surface area (Å²) in [5.41, 5.74) is 0. The summed E-state index contributed by atoms with van der Waals surface area (Å²) in [6.07, 6.45) is 4.04. The molecule has 0 atom stereocenters. The molecule has 0 bridgehead atoms. The van der Waals surface area contributed by atoms with Crippen molar-refractivity contribution in [2.24, 2.45) is 5.92 Å². The van der Waals surface area contributed by atoms with Crippen molar-refractivity contribution in [2.45, 2.75) is 74.7 Å². The fraction of sp³-hybridized carbons (Fsp3) is 1.00. The van der Waals surface area contributed by atoms with Crippen LogP contribution in [0.5, 0.6) is 0 Å². The topological polar surface area (TPSA) is 3.24 Å². The summed E-state index contributed by atoms with van der Waals surface area (Å²) < 4.78 is 0. The third-order valence-corrected chi connectivity index (χ3v) is 2.14. The van der Waals surface area contributed by atoms with Crippen molar-refractivity contribution in [1.82, 2.24) is 4.90 Å². The van der Waals surface area contributed by atoms with Crippen LogP contribution in [0.3, 0.4) is 0 Å². The molecule has 0 radical (unpaired) electrons.